The molecule has 1 aliphatic rings. The van der Waals surface area contributed by atoms with E-state index < -0.39 is 0 Å². The first kappa shape index (κ1) is 14.1. The third-order valence-electron chi connectivity index (χ3n) is 4.44. The number of rotatable bonds is 4. The van der Waals surface area contributed by atoms with Gasteiger partial charge in [0.1, 0.15) is 0 Å². The summed E-state index contributed by atoms with van der Waals surface area (Å²) >= 11 is 0. The van der Waals surface area contributed by atoms with Crippen LogP contribution in [0.25, 0.3) is 10.9 Å². The van der Waals surface area contributed by atoms with Crippen molar-refractivity contribution in [2.24, 2.45) is 5.92 Å². The van der Waals surface area contributed by atoms with Crippen molar-refractivity contribution < 1.29 is 4.79 Å². The number of para-hydroxylation sites is 1. The lowest BCUT2D eigenvalue weighted by molar-refractivity contribution is 0.0634. The molecule has 1 amide bonds. The molecule has 0 atom stereocenters. The Bertz CT molecular complexity index is 641. The smallest absolute Gasteiger partial charge is 0.254 e. The molecule has 1 aromatic carbocycles. The second-order valence-corrected chi connectivity index (χ2v) is 6.22. The van der Waals surface area contributed by atoms with Gasteiger partial charge in [-0.25, -0.2) is 0 Å². The van der Waals surface area contributed by atoms with Gasteiger partial charge in [-0.15, -0.1) is 0 Å². The Morgan fingerprint density at radius 3 is 2.71 bits per heavy atom. The maximum absolute atomic E-state index is 13.0. The summed E-state index contributed by atoms with van der Waals surface area (Å²) < 4.78 is 0. The van der Waals surface area contributed by atoms with Gasteiger partial charge in [0.2, 0.25) is 0 Å². The molecule has 3 rings (SSSR count). The van der Waals surface area contributed by atoms with Crippen LogP contribution < -0.4 is 0 Å². The normalized spacial score (nSPS) is 15.2. The van der Waals surface area contributed by atoms with Gasteiger partial charge in [0.15, 0.2) is 0 Å². The van der Waals surface area contributed by atoms with Crippen molar-refractivity contribution in [1.82, 2.24) is 9.88 Å². The molecule has 1 saturated carbocycles. The summed E-state index contributed by atoms with van der Waals surface area (Å²) in [6.07, 6.45) is 5.56. The fourth-order valence-corrected chi connectivity index (χ4v) is 2.92. The Morgan fingerprint density at radius 1 is 1.29 bits per heavy atom. The molecule has 110 valence electrons. The van der Waals surface area contributed by atoms with E-state index in [1.165, 1.54) is 19.3 Å². The van der Waals surface area contributed by atoms with E-state index in [1.54, 1.807) is 6.20 Å². The SMILES string of the molecule is CC(C)N(CC1CCC1)C(=O)c1ccnc2ccccc12. The fraction of sp³-hybridized carbons (Fsp3) is 0.444. The van der Waals surface area contributed by atoms with Crippen molar-refractivity contribution >= 4 is 16.8 Å². The van der Waals surface area contributed by atoms with Gasteiger partial charge in [-0.2, -0.15) is 0 Å². The Balaban J connectivity index is 1.93. The first-order valence-electron chi connectivity index (χ1n) is 7.81. The van der Waals surface area contributed by atoms with E-state index in [1.807, 2.05) is 35.2 Å². The Kier molecular flexibility index (Phi) is 3.91. The van der Waals surface area contributed by atoms with Gasteiger partial charge >= 0.3 is 0 Å². The molecule has 0 aliphatic heterocycles. The average Bonchev–Trinajstić information content (AvgIpc) is 2.44. The zero-order valence-electron chi connectivity index (χ0n) is 12.7. The number of hydrogen-bond acceptors (Lipinski definition) is 2. The minimum atomic E-state index is 0.135. The lowest BCUT2D eigenvalue weighted by atomic mass is 9.84. The summed E-state index contributed by atoms with van der Waals surface area (Å²) in [6.45, 7) is 5.08. The van der Waals surface area contributed by atoms with Crippen LogP contribution in [0, 0.1) is 5.92 Å². The van der Waals surface area contributed by atoms with Crippen LogP contribution >= 0.6 is 0 Å². The van der Waals surface area contributed by atoms with Crippen molar-refractivity contribution in [3.8, 4) is 0 Å². The van der Waals surface area contributed by atoms with Crippen molar-refractivity contribution in [2.75, 3.05) is 6.54 Å². The van der Waals surface area contributed by atoms with Gasteiger partial charge in [0.25, 0.3) is 5.91 Å². The van der Waals surface area contributed by atoms with Crippen molar-refractivity contribution in [3.63, 3.8) is 0 Å². The number of amides is 1. The molecule has 1 fully saturated rings. The van der Waals surface area contributed by atoms with E-state index in [2.05, 4.69) is 18.8 Å². The molecule has 0 N–H and O–H groups in total. The van der Waals surface area contributed by atoms with Crippen LogP contribution in [0.1, 0.15) is 43.5 Å². The number of pyridine rings is 1. The molecule has 0 bridgehead atoms. The van der Waals surface area contributed by atoms with Crippen LogP contribution in [-0.4, -0.2) is 28.4 Å². The van der Waals surface area contributed by atoms with Gasteiger partial charge in [-0.1, -0.05) is 24.6 Å². The molecule has 0 radical (unpaired) electrons. The topological polar surface area (TPSA) is 33.2 Å². The molecular formula is C18H22N2O. The molecular weight excluding hydrogens is 260 g/mol. The highest BCUT2D eigenvalue weighted by Crippen LogP contribution is 2.29. The minimum absolute atomic E-state index is 0.135. The van der Waals surface area contributed by atoms with E-state index in [0.29, 0.717) is 5.92 Å². The zero-order valence-corrected chi connectivity index (χ0v) is 12.7. The molecule has 1 aliphatic carbocycles. The number of hydrogen-bond donors (Lipinski definition) is 0. The molecule has 0 saturated heterocycles. The van der Waals surface area contributed by atoms with Crippen LogP contribution in [0.5, 0.6) is 0 Å². The van der Waals surface area contributed by atoms with Crippen LogP contribution in [0.4, 0.5) is 0 Å². The Labute approximate surface area is 126 Å². The molecule has 1 aromatic heterocycles. The third kappa shape index (κ3) is 2.78. The molecule has 1 heterocycles. The Morgan fingerprint density at radius 2 is 2.05 bits per heavy atom. The summed E-state index contributed by atoms with van der Waals surface area (Å²) in [4.78, 5) is 19.3. The van der Waals surface area contributed by atoms with Gasteiger partial charge in [0.05, 0.1) is 11.1 Å². The summed E-state index contributed by atoms with van der Waals surface area (Å²) in [5.41, 5.74) is 1.66. The number of nitrogens with zero attached hydrogens (tertiary/aromatic N) is 2. The Hall–Kier alpha value is -1.90. The van der Waals surface area contributed by atoms with E-state index in [0.717, 1.165) is 23.0 Å². The predicted molar refractivity (Wildman–Crippen MR) is 85.3 cm³/mol. The van der Waals surface area contributed by atoms with Gasteiger partial charge < -0.3 is 4.90 Å². The molecule has 0 unspecified atom stereocenters. The van der Waals surface area contributed by atoms with Crippen molar-refractivity contribution in [1.29, 1.82) is 0 Å². The highest BCUT2D eigenvalue weighted by atomic mass is 16.2. The molecule has 0 spiro atoms. The lowest BCUT2D eigenvalue weighted by Gasteiger charge is -2.35. The minimum Gasteiger partial charge on any atom is -0.336 e. The first-order valence-corrected chi connectivity index (χ1v) is 7.81. The van der Waals surface area contributed by atoms with Crippen LogP contribution in [0.15, 0.2) is 36.5 Å². The van der Waals surface area contributed by atoms with Crippen molar-refractivity contribution in [3.05, 3.63) is 42.1 Å². The maximum Gasteiger partial charge on any atom is 0.254 e. The third-order valence-corrected chi connectivity index (χ3v) is 4.44. The lowest BCUT2D eigenvalue weighted by Crippen LogP contribution is -2.42. The van der Waals surface area contributed by atoms with Crippen LogP contribution in [0.2, 0.25) is 0 Å². The monoisotopic (exact) mass is 282 g/mol. The summed E-state index contributed by atoms with van der Waals surface area (Å²) in [5.74, 6) is 0.819. The van der Waals surface area contributed by atoms with Gasteiger partial charge in [0, 0.05) is 24.2 Å². The van der Waals surface area contributed by atoms with Gasteiger partial charge in [-0.05, 0) is 44.7 Å². The highest BCUT2D eigenvalue weighted by Gasteiger charge is 2.26. The summed E-state index contributed by atoms with van der Waals surface area (Å²) in [6, 6.07) is 9.94. The maximum atomic E-state index is 13.0. The van der Waals surface area contributed by atoms with Crippen molar-refractivity contribution in [2.45, 2.75) is 39.2 Å². The highest BCUT2D eigenvalue weighted by molar-refractivity contribution is 6.06. The molecule has 2 aromatic rings. The largest absolute Gasteiger partial charge is 0.336 e. The van der Waals surface area contributed by atoms with Crippen LogP contribution in [-0.2, 0) is 0 Å². The number of carbonyl (C=O) groups excluding carboxylic acids is 1. The standard InChI is InChI=1S/C18H22N2O/c1-13(2)20(12-14-6-5-7-14)18(21)16-10-11-19-17-9-4-3-8-15(16)17/h3-4,8-11,13-14H,5-7,12H2,1-2H3. The van der Waals surface area contributed by atoms with E-state index >= 15 is 0 Å². The van der Waals surface area contributed by atoms with Gasteiger partial charge in [-0.3, -0.25) is 9.78 Å². The number of carbonyl (C=O) groups is 1. The summed E-state index contributed by atoms with van der Waals surface area (Å²) in [5, 5.41) is 0.948. The molecule has 21 heavy (non-hydrogen) atoms. The summed E-state index contributed by atoms with van der Waals surface area (Å²) in [7, 11) is 0. The van der Waals surface area contributed by atoms with E-state index in [4.69, 9.17) is 0 Å². The van der Waals surface area contributed by atoms with E-state index in [-0.39, 0.29) is 11.9 Å². The second kappa shape index (κ2) is 5.84. The number of benzene rings is 1. The first-order chi connectivity index (χ1) is 10.2. The predicted octanol–water partition coefficient (Wildman–Crippen LogP) is 3.89. The molecule has 3 nitrogen and oxygen atoms in total. The fourth-order valence-electron chi connectivity index (χ4n) is 2.92. The zero-order chi connectivity index (χ0) is 14.8. The second-order valence-electron chi connectivity index (χ2n) is 6.22. The number of fused-ring (bicyclic) bond motifs is 1. The van der Waals surface area contributed by atoms with E-state index in [9.17, 15) is 4.79 Å². The number of aromatic nitrogens is 1. The molecule has 3 heteroatoms. The quantitative estimate of drug-likeness (QED) is 0.852. The average molecular weight is 282 g/mol. The van der Waals surface area contributed by atoms with Crippen LogP contribution in [0.3, 0.4) is 0 Å².